The van der Waals surface area contributed by atoms with E-state index in [-0.39, 0.29) is 17.9 Å². The molecule has 1 aliphatic rings. The van der Waals surface area contributed by atoms with Crippen LogP contribution in [0.15, 0.2) is 51.1 Å². The number of rotatable bonds is 11. The molecule has 0 bridgehead atoms. The Kier molecular flexibility index (Phi) is 8.46. The fourth-order valence-electron chi connectivity index (χ4n) is 3.32. The molecule has 1 aliphatic heterocycles. The molecule has 3 rings (SSSR count). The van der Waals surface area contributed by atoms with Gasteiger partial charge in [0, 0.05) is 5.70 Å². The minimum atomic E-state index is -1.24. The molecule has 0 spiro atoms. The van der Waals surface area contributed by atoms with Crippen LogP contribution in [-0.2, 0) is 9.53 Å². The fraction of sp³-hybridized carbons (Fsp3) is 0.318. The van der Waals surface area contributed by atoms with Gasteiger partial charge < -0.3 is 34.4 Å². The van der Waals surface area contributed by atoms with Crippen molar-refractivity contribution in [3.05, 3.63) is 63.0 Å². The summed E-state index contributed by atoms with van der Waals surface area (Å²) in [5, 5.41) is 29.7. The molecule has 192 valence electrons. The van der Waals surface area contributed by atoms with Gasteiger partial charge in [-0.3, -0.25) is 15.5 Å². The number of benzene rings is 1. The van der Waals surface area contributed by atoms with Crippen LogP contribution < -0.4 is 25.5 Å². The summed E-state index contributed by atoms with van der Waals surface area (Å²) in [6.07, 6.45) is -0.0705. The zero-order valence-electron chi connectivity index (χ0n) is 19.6. The number of urea groups is 1. The second-order valence-corrected chi connectivity index (χ2v) is 7.35. The Morgan fingerprint density at radius 1 is 1.33 bits per heavy atom. The number of aliphatic hydroxyl groups is 1. The Bertz CT molecular complexity index is 1190. The van der Waals surface area contributed by atoms with Crippen LogP contribution in [0.2, 0.25) is 0 Å². The Morgan fingerprint density at radius 3 is 2.78 bits per heavy atom. The highest BCUT2D eigenvalue weighted by Crippen LogP contribution is 2.34. The zero-order valence-corrected chi connectivity index (χ0v) is 19.6. The largest absolute Gasteiger partial charge is 0.490 e. The van der Waals surface area contributed by atoms with Crippen molar-refractivity contribution >= 4 is 24.1 Å². The smallest absolute Gasteiger partial charge is 0.433 e. The van der Waals surface area contributed by atoms with Crippen LogP contribution >= 0.6 is 0 Å². The lowest BCUT2D eigenvalue weighted by molar-refractivity contribution is -0.402. The van der Waals surface area contributed by atoms with E-state index < -0.39 is 35.1 Å². The Morgan fingerprint density at radius 2 is 2.11 bits per heavy atom. The van der Waals surface area contributed by atoms with E-state index in [1.807, 2.05) is 0 Å². The first kappa shape index (κ1) is 26.0. The van der Waals surface area contributed by atoms with E-state index in [0.29, 0.717) is 29.4 Å². The van der Waals surface area contributed by atoms with E-state index in [4.69, 9.17) is 18.6 Å². The van der Waals surface area contributed by atoms with Crippen LogP contribution in [0.25, 0.3) is 0 Å². The van der Waals surface area contributed by atoms with Crippen molar-refractivity contribution in [3.63, 3.8) is 0 Å². The highest BCUT2D eigenvalue weighted by atomic mass is 16.6. The number of furan rings is 1. The van der Waals surface area contributed by atoms with Gasteiger partial charge in [0.25, 0.3) is 0 Å². The number of methoxy groups -OCH3 is 1. The number of carbonyl (C=O) groups is 2. The highest BCUT2D eigenvalue weighted by Gasteiger charge is 2.32. The van der Waals surface area contributed by atoms with Gasteiger partial charge >= 0.3 is 17.9 Å². The average molecular weight is 503 g/mol. The highest BCUT2D eigenvalue weighted by molar-refractivity contribution is 5.95. The minimum absolute atomic E-state index is 0.122. The number of esters is 1. The predicted molar refractivity (Wildman–Crippen MR) is 124 cm³/mol. The molecular weight excluding hydrogens is 478 g/mol. The zero-order chi connectivity index (χ0) is 26.2. The predicted octanol–water partition coefficient (Wildman–Crippen LogP) is 1.71. The Balaban J connectivity index is 1.69. The number of carbonyl (C=O) groups excluding carboxylic acids is 2. The van der Waals surface area contributed by atoms with Gasteiger partial charge in [-0.15, -0.1) is 0 Å². The lowest BCUT2D eigenvalue weighted by Gasteiger charge is -2.28. The monoisotopic (exact) mass is 503 g/mol. The maximum Gasteiger partial charge on any atom is 0.433 e. The molecule has 2 aromatic rings. The van der Waals surface area contributed by atoms with E-state index in [1.165, 1.54) is 25.5 Å². The van der Waals surface area contributed by atoms with Gasteiger partial charge in [0.1, 0.15) is 11.5 Å². The van der Waals surface area contributed by atoms with Crippen LogP contribution in [-0.4, -0.2) is 54.8 Å². The fourth-order valence-corrected chi connectivity index (χ4v) is 3.32. The van der Waals surface area contributed by atoms with Crippen molar-refractivity contribution in [1.29, 1.82) is 0 Å². The number of nitrogens with zero attached hydrogens (tertiary/aromatic N) is 2. The number of nitro groups is 1. The van der Waals surface area contributed by atoms with Gasteiger partial charge in [-0.2, -0.15) is 5.10 Å². The average Bonchev–Trinajstić information content (AvgIpc) is 3.32. The first-order chi connectivity index (χ1) is 17.2. The standard InChI is InChI=1S/C22H25N5O9/c1-4-34-16-9-13(20-19(21(29)33-3)12(2)24-22(30)25-20)5-7-15(16)35-11-17(28)26-23-10-14-6-8-18(36-14)27(31)32/h5-10,17,20,26,28H,4,11H2,1-3H3,(H2,24,25,30)/b23-10-/t17-,20-/m1/s1. The molecule has 0 unspecified atom stereocenters. The number of amides is 2. The molecule has 1 aromatic carbocycles. The van der Waals surface area contributed by atoms with Gasteiger partial charge in [-0.1, -0.05) is 6.07 Å². The maximum absolute atomic E-state index is 12.3. The summed E-state index contributed by atoms with van der Waals surface area (Å²) in [5.41, 5.74) is 3.57. The van der Waals surface area contributed by atoms with Crippen LogP contribution in [0.3, 0.4) is 0 Å². The molecule has 14 nitrogen and oxygen atoms in total. The van der Waals surface area contributed by atoms with Crippen LogP contribution in [0.4, 0.5) is 10.7 Å². The third-order valence-electron chi connectivity index (χ3n) is 4.88. The molecule has 0 saturated heterocycles. The van der Waals surface area contributed by atoms with E-state index in [2.05, 4.69) is 21.2 Å². The molecule has 0 aliphatic carbocycles. The van der Waals surface area contributed by atoms with Gasteiger partial charge in [0.2, 0.25) is 0 Å². The molecule has 1 aromatic heterocycles. The molecule has 4 N–H and O–H groups in total. The van der Waals surface area contributed by atoms with E-state index >= 15 is 0 Å². The lowest BCUT2D eigenvalue weighted by Crippen LogP contribution is -2.45. The molecule has 36 heavy (non-hydrogen) atoms. The summed E-state index contributed by atoms with van der Waals surface area (Å²) < 4.78 is 21.1. The van der Waals surface area contributed by atoms with Crippen molar-refractivity contribution in [3.8, 4) is 11.5 Å². The number of aliphatic hydroxyl groups excluding tert-OH is 1. The number of hydrogen-bond donors (Lipinski definition) is 4. The van der Waals surface area contributed by atoms with Crippen molar-refractivity contribution < 1.29 is 38.2 Å². The Hall–Kier alpha value is -4.59. The Labute approximate surface area is 205 Å². The summed E-state index contributed by atoms with van der Waals surface area (Å²) in [7, 11) is 1.25. The first-order valence-electron chi connectivity index (χ1n) is 10.7. The first-order valence-corrected chi connectivity index (χ1v) is 10.7. The number of nitrogens with one attached hydrogen (secondary N) is 3. The molecule has 0 saturated carbocycles. The van der Waals surface area contributed by atoms with Crippen LogP contribution in [0.1, 0.15) is 31.2 Å². The summed E-state index contributed by atoms with van der Waals surface area (Å²) >= 11 is 0. The maximum atomic E-state index is 12.3. The lowest BCUT2D eigenvalue weighted by atomic mass is 9.95. The SMILES string of the molecule is CCOc1cc([C@H]2NC(=O)NC(C)=C2C(=O)OC)ccc1OC[C@@H](O)N/N=C\c1ccc([N+](=O)[O-])o1. The second kappa shape index (κ2) is 11.7. The van der Waals surface area contributed by atoms with Crippen LogP contribution in [0.5, 0.6) is 11.5 Å². The van der Waals surface area contributed by atoms with Gasteiger partial charge in [0.05, 0.1) is 37.6 Å². The third-order valence-corrected chi connectivity index (χ3v) is 4.88. The number of hydrogen-bond acceptors (Lipinski definition) is 11. The van der Waals surface area contributed by atoms with Gasteiger partial charge in [-0.05, 0) is 37.6 Å². The minimum Gasteiger partial charge on any atom is -0.490 e. The van der Waals surface area contributed by atoms with E-state index in [9.17, 15) is 24.8 Å². The van der Waals surface area contributed by atoms with Crippen molar-refractivity contribution in [2.75, 3.05) is 20.3 Å². The van der Waals surface area contributed by atoms with Crippen molar-refractivity contribution in [1.82, 2.24) is 16.1 Å². The van der Waals surface area contributed by atoms with Crippen molar-refractivity contribution in [2.45, 2.75) is 26.1 Å². The van der Waals surface area contributed by atoms with Crippen molar-refractivity contribution in [2.24, 2.45) is 5.10 Å². The molecule has 2 heterocycles. The number of hydrazone groups is 1. The topological polar surface area (TPSA) is 187 Å². The third kappa shape index (κ3) is 6.29. The normalized spacial score (nSPS) is 16.2. The van der Waals surface area contributed by atoms with Gasteiger partial charge in [-0.25, -0.2) is 9.59 Å². The summed E-state index contributed by atoms with van der Waals surface area (Å²) in [6.45, 7) is 3.45. The number of ether oxygens (including phenoxy) is 3. The quantitative estimate of drug-likeness (QED) is 0.116. The molecular formula is C22H25N5O9. The molecule has 0 fully saturated rings. The molecule has 0 radical (unpaired) electrons. The van der Waals surface area contributed by atoms with E-state index in [1.54, 1.807) is 32.0 Å². The summed E-state index contributed by atoms with van der Waals surface area (Å²) in [6, 6.07) is 6.13. The second-order valence-electron chi connectivity index (χ2n) is 7.35. The summed E-state index contributed by atoms with van der Waals surface area (Å²) in [4.78, 5) is 34.3. The molecule has 14 heteroatoms. The summed E-state index contributed by atoms with van der Waals surface area (Å²) in [5.74, 6) is -0.282. The number of allylic oxidation sites excluding steroid dienone is 1. The molecule has 2 amide bonds. The van der Waals surface area contributed by atoms with Crippen LogP contribution in [0, 0.1) is 10.1 Å². The van der Waals surface area contributed by atoms with E-state index in [0.717, 1.165) is 0 Å². The van der Waals surface area contributed by atoms with Gasteiger partial charge in [0.15, 0.2) is 23.5 Å². The molecule has 2 atom stereocenters.